The van der Waals surface area contributed by atoms with E-state index < -0.39 is 17.8 Å². The number of hydrogen-bond acceptors (Lipinski definition) is 5. The Morgan fingerprint density at radius 3 is 2.50 bits per heavy atom. The summed E-state index contributed by atoms with van der Waals surface area (Å²) in [5.74, 6) is -0.518. The first kappa shape index (κ1) is 17.7. The number of urea groups is 1. The van der Waals surface area contributed by atoms with Crippen LogP contribution in [-0.4, -0.2) is 29.2 Å². The molecule has 8 heteroatoms. The highest BCUT2D eigenvalue weighted by molar-refractivity contribution is 6.39. The molecule has 3 aromatic rings. The standard InChI is InChI=1S/C22H15N3O5/c26-20-17(11-15-7-4-10-24(15)14-5-2-1-3-6-14)21(27)25(22(28)23-20)16-8-9-18-19(12-16)30-13-29-18/h1-12H,13H2,(H,23,26,28)/b17-11-. The van der Waals surface area contributed by atoms with Crippen LogP contribution in [0.5, 0.6) is 11.5 Å². The third-order valence-electron chi connectivity index (χ3n) is 4.82. The molecule has 1 N–H and O–H groups in total. The number of carbonyl (C=O) groups excluding carboxylic acids is 3. The normalized spacial score (nSPS) is 16.9. The Morgan fingerprint density at radius 2 is 1.67 bits per heavy atom. The number of hydrogen-bond donors (Lipinski definition) is 1. The summed E-state index contributed by atoms with van der Waals surface area (Å²) < 4.78 is 12.4. The van der Waals surface area contributed by atoms with Crippen LogP contribution in [0.2, 0.25) is 0 Å². The van der Waals surface area contributed by atoms with Crippen molar-refractivity contribution in [2.75, 3.05) is 11.7 Å². The highest BCUT2D eigenvalue weighted by atomic mass is 16.7. The van der Waals surface area contributed by atoms with E-state index in [1.165, 1.54) is 12.1 Å². The lowest BCUT2D eigenvalue weighted by atomic mass is 10.1. The van der Waals surface area contributed by atoms with Gasteiger partial charge in [-0.1, -0.05) is 18.2 Å². The smallest absolute Gasteiger partial charge is 0.335 e. The van der Waals surface area contributed by atoms with Crippen LogP contribution in [0.4, 0.5) is 10.5 Å². The molecule has 0 saturated carbocycles. The van der Waals surface area contributed by atoms with E-state index in [2.05, 4.69) is 5.32 Å². The first-order chi connectivity index (χ1) is 14.6. The van der Waals surface area contributed by atoms with E-state index in [1.807, 2.05) is 47.2 Å². The summed E-state index contributed by atoms with van der Waals surface area (Å²) in [6, 6.07) is 17.0. The summed E-state index contributed by atoms with van der Waals surface area (Å²) in [4.78, 5) is 38.9. The van der Waals surface area contributed by atoms with Crippen LogP contribution in [0.1, 0.15) is 5.69 Å². The maximum Gasteiger partial charge on any atom is 0.335 e. The highest BCUT2D eigenvalue weighted by Gasteiger charge is 2.37. The lowest BCUT2D eigenvalue weighted by Crippen LogP contribution is -2.54. The van der Waals surface area contributed by atoms with Crippen molar-refractivity contribution in [1.82, 2.24) is 9.88 Å². The second-order valence-electron chi connectivity index (χ2n) is 6.63. The van der Waals surface area contributed by atoms with Gasteiger partial charge in [0.2, 0.25) is 6.79 Å². The largest absolute Gasteiger partial charge is 0.454 e. The van der Waals surface area contributed by atoms with E-state index in [4.69, 9.17) is 9.47 Å². The lowest BCUT2D eigenvalue weighted by Gasteiger charge is -2.26. The molecule has 30 heavy (non-hydrogen) atoms. The van der Waals surface area contributed by atoms with Crippen molar-refractivity contribution >= 4 is 29.6 Å². The van der Waals surface area contributed by atoms with Crippen molar-refractivity contribution in [3.8, 4) is 17.2 Å². The molecule has 1 aromatic heterocycles. The zero-order chi connectivity index (χ0) is 20.7. The zero-order valence-electron chi connectivity index (χ0n) is 15.6. The zero-order valence-corrected chi connectivity index (χ0v) is 15.6. The number of nitrogens with zero attached hydrogens (tertiary/aromatic N) is 2. The van der Waals surface area contributed by atoms with Gasteiger partial charge in [-0.3, -0.25) is 14.9 Å². The molecule has 2 aromatic carbocycles. The van der Waals surface area contributed by atoms with Crippen LogP contribution in [0, 0.1) is 0 Å². The highest BCUT2D eigenvalue weighted by Crippen LogP contribution is 2.36. The minimum Gasteiger partial charge on any atom is -0.454 e. The molecular weight excluding hydrogens is 386 g/mol. The van der Waals surface area contributed by atoms with Gasteiger partial charge in [-0.25, -0.2) is 9.69 Å². The number of imide groups is 2. The average Bonchev–Trinajstić information content (AvgIpc) is 3.40. The number of amides is 4. The molecule has 0 bridgehead atoms. The molecule has 2 aliphatic heterocycles. The molecule has 1 saturated heterocycles. The van der Waals surface area contributed by atoms with Crippen LogP contribution in [0.25, 0.3) is 11.8 Å². The summed E-state index contributed by atoms with van der Waals surface area (Å²) in [6.45, 7) is 0.0685. The monoisotopic (exact) mass is 401 g/mol. The molecule has 5 rings (SSSR count). The minimum absolute atomic E-state index is 0.0685. The van der Waals surface area contributed by atoms with Crippen LogP contribution in [0.3, 0.4) is 0 Å². The quantitative estimate of drug-likeness (QED) is 0.538. The van der Waals surface area contributed by atoms with Gasteiger partial charge in [-0.15, -0.1) is 0 Å². The molecular formula is C22H15N3O5. The summed E-state index contributed by atoms with van der Waals surface area (Å²) >= 11 is 0. The van der Waals surface area contributed by atoms with Gasteiger partial charge < -0.3 is 14.0 Å². The number of ether oxygens (including phenoxy) is 2. The Morgan fingerprint density at radius 1 is 0.867 bits per heavy atom. The van der Waals surface area contributed by atoms with E-state index in [-0.39, 0.29) is 18.1 Å². The Labute approximate surface area is 170 Å². The van der Waals surface area contributed by atoms with Crippen LogP contribution in [0.15, 0.2) is 72.4 Å². The number of fused-ring (bicyclic) bond motifs is 1. The fourth-order valence-electron chi connectivity index (χ4n) is 3.40. The van der Waals surface area contributed by atoms with E-state index >= 15 is 0 Å². The molecule has 0 aliphatic carbocycles. The first-order valence-corrected chi connectivity index (χ1v) is 9.16. The van der Waals surface area contributed by atoms with Crippen molar-refractivity contribution in [2.45, 2.75) is 0 Å². The number of carbonyl (C=O) groups is 3. The van der Waals surface area contributed by atoms with Crippen molar-refractivity contribution in [2.24, 2.45) is 0 Å². The number of benzene rings is 2. The summed E-state index contributed by atoms with van der Waals surface area (Å²) in [5.41, 5.74) is 1.63. The van der Waals surface area contributed by atoms with Gasteiger partial charge in [-0.05, 0) is 42.5 Å². The van der Waals surface area contributed by atoms with Gasteiger partial charge in [0.1, 0.15) is 5.57 Å². The number of para-hydroxylation sites is 1. The molecule has 8 nitrogen and oxygen atoms in total. The second-order valence-corrected chi connectivity index (χ2v) is 6.63. The van der Waals surface area contributed by atoms with E-state index in [9.17, 15) is 14.4 Å². The molecule has 3 heterocycles. The molecule has 2 aliphatic rings. The van der Waals surface area contributed by atoms with Gasteiger partial charge in [0.25, 0.3) is 11.8 Å². The molecule has 0 spiro atoms. The Hall–Kier alpha value is -4.33. The fraction of sp³-hybridized carbons (Fsp3) is 0.0455. The van der Waals surface area contributed by atoms with Gasteiger partial charge >= 0.3 is 6.03 Å². The maximum atomic E-state index is 13.1. The summed E-state index contributed by atoms with van der Waals surface area (Å²) in [5, 5.41) is 2.23. The first-order valence-electron chi connectivity index (χ1n) is 9.16. The molecule has 0 unspecified atom stereocenters. The molecule has 148 valence electrons. The van der Waals surface area contributed by atoms with Crippen LogP contribution in [-0.2, 0) is 9.59 Å². The third-order valence-corrected chi connectivity index (χ3v) is 4.82. The fourth-order valence-corrected chi connectivity index (χ4v) is 3.40. The SMILES string of the molecule is O=C1NC(=O)N(c2ccc3c(c2)OCO3)C(=O)/C1=C\c1cccn1-c1ccccc1. The molecule has 0 atom stereocenters. The number of anilines is 1. The van der Waals surface area contributed by atoms with Crippen LogP contribution >= 0.6 is 0 Å². The molecule has 1 fully saturated rings. The summed E-state index contributed by atoms with van der Waals surface area (Å²) in [7, 11) is 0. The van der Waals surface area contributed by atoms with Gasteiger partial charge in [0.15, 0.2) is 11.5 Å². The van der Waals surface area contributed by atoms with E-state index in [0.29, 0.717) is 17.2 Å². The van der Waals surface area contributed by atoms with Gasteiger partial charge in [-0.2, -0.15) is 0 Å². The number of nitrogens with one attached hydrogen (secondary N) is 1. The van der Waals surface area contributed by atoms with Gasteiger partial charge in [0.05, 0.1) is 5.69 Å². The second kappa shape index (κ2) is 6.93. The topological polar surface area (TPSA) is 89.9 Å². The maximum absolute atomic E-state index is 13.1. The van der Waals surface area contributed by atoms with Crippen molar-refractivity contribution in [3.63, 3.8) is 0 Å². The lowest BCUT2D eigenvalue weighted by molar-refractivity contribution is -0.122. The Kier molecular flexibility index (Phi) is 4.10. The Balaban J connectivity index is 1.54. The van der Waals surface area contributed by atoms with Crippen molar-refractivity contribution in [3.05, 3.63) is 78.1 Å². The number of rotatable bonds is 3. The predicted molar refractivity (Wildman–Crippen MR) is 107 cm³/mol. The third kappa shape index (κ3) is 2.91. The average molecular weight is 401 g/mol. The minimum atomic E-state index is -0.820. The predicted octanol–water partition coefficient (Wildman–Crippen LogP) is 2.87. The van der Waals surface area contributed by atoms with Crippen LogP contribution < -0.4 is 19.7 Å². The molecule has 4 amide bonds. The van der Waals surface area contributed by atoms with E-state index in [1.54, 1.807) is 18.2 Å². The number of aromatic nitrogens is 1. The van der Waals surface area contributed by atoms with Crippen molar-refractivity contribution in [1.29, 1.82) is 0 Å². The molecule has 0 radical (unpaired) electrons. The summed E-state index contributed by atoms with van der Waals surface area (Å²) in [6.07, 6.45) is 3.30. The number of barbiturate groups is 1. The van der Waals surface area contributed by atoms with E-state index in [0.717, 1.165) is 10.6 Å². The van der Waals surface area contributed by atoms with Gasteiger partial charge in [0, 0.05) is 23.6 Å². The van der Waals surface area contributed by atoms with Crippen molar-refractivity contribution < 1.29 is 23.9 Å². The Bertz CT molecular complexity index is 1210.